The molecule has 0 aliphatic carbocycles. The lowest BCUT2D eigenvalue weighted by Gasteiger charge is -2.42. The van der Waals surface area contributed by atoms with Crippen molar-refractivity contribution >= 4 is 11.9 Å². The van der Waals surface area contributed by atoms with Crippen LogP contribution in [0.15, 0.2) is 11.8 Å². The van der Waals surface area contributed by atoms with Gasteiger partial charge in [-0.25, -0.2) is 4.79 Å². The van der Waals surface area contributed by atoms with E-state index in [2.05, 4.69) is 5.32 Å². The normalized spacial score (nSPS) is 38.0. The summed E-state index contributed by atoms with van der Waals surface area (Å²) in [5.74, 6) is -1.79. The van der Waals surface area contributed by atoms with Gasteiger partial charge in [0.15, 0.2) is 6.29 Å². The van der Waals surface area contributed by atoms with E-state index in [1.54, 1.807) is 6.92 Å². The van der Waals surface area contributed by atoms with Gasteiger partial charge in [0.1, 0.15) is 30.3 Å². The standard InChI is InChI=1S/C15H23NO9/c1-3-23-9(18)4-7-10(14(22)16-7)6(2)24-15-13(21)12(20)11(19)8(5-17)25-15/h4,6,8,10-13,15,17,19-21H,3,5H2,1-2H3,(H,16,22)/b7-4-/t6-,8-,10-,11-,12+,13-,15+/m1/s1. The summed E-state index contributed by atoms with van der Waals surface area (Å²) in [6.07, 6.45) is -6.78. The number of aliphatic hydroxyl groups excluding tert-OH is 4. The molecule has 0 unspecified atom stereocenters. The smallest absolute Gasteiger partial charge is 0.332 e. The van der Waals surface area contributed by atoms with E-state index in [1.807, 2.05) is 0 Å². The number of carbonyl (C=O) groups is 2. The summed E-state index contributed by atoms with van der Waals surface area (Å²) in [7, 11) is 0. The number of hydrogen-bond donors (Lipinski definition) is 5. The van der Waals surface area contributed by atoms with Gasteiger partial charge in [-0.2, -0.15) is 0 Å². The predicted molar refractivity (Wildman–Crippen MR) is 80.7 cm³/mol. The average Bonchev–Trinajstić information content (AvgIpc) is 2.54. The van der Waals surface area contributed by atoms with Gasteiger partial charge in [0.25, 0.3) is 0 Å². The third kappa shape index (κ3) is 4.17. The van der Waals surface area contributed by atoms with Gasteiger partial charge >= 0.3 is 5.97 Å². The SMILES string of the molecule is CCOC(=O)/C=C1\NC(=O)[C@@H]1[C@@H](C)O[C@H]1O[C@H](CO)[C@@H](O)[C@H](O)[C@H]1O. The first-order chi connectivity index (χ1) is 11.8. The minimum atomic E-state index is -1.58. The highest BCUT2D eigenvalue weighted by molar-refractivity contribution is 5.95. The fourth-order valence-electron chi connectivity index (χ4n) is 2.73. The summed E-state index contributed by atoms with van der Waals surface area (Å²) in [4.78, 5) is 23.2. The minimum absolute atomic E-state index is 0.193. The van der Waals surface area contributed by atoms with E-state index < -0.39 is 55.3 Å². The average molecular weight is 361 g/mol. The number of aliphatic hydroxyl groups is 4. The Morgan fingerprint density at radius 3 is 2.56 bits per heavy atom. The topological polar surface area (TPSA) is 155 Å². The van der Waals surface area contributed by atoms with E-state index in [4.69, 9.17) is 19.3 Å². The van der Waals surface area contributed by atoms with Crippen LogP contribution in [0.1, 0.15) is 13.8 Å². The highest BCUT2D eigenvalue weighted by Gasteiger charge is 2.47. The molecule has 0 bridgehead atoms. The van der Waals surface area contributed by atoms with E-state index in [9.17, 15) is 24.9 Å². The molecule has 2 rings (SSSR count). The van der Waals surface area contributed by atoms with Gasteiger partial charge in [0, 0.05) is 11.8 Å². The van der Waals surface area contributed by atoms with Crippen molar-refractivity contribution in [3.63, 3.8) is 0 Å². The molecule has 0 saturated carbocycles. The first kappa shape index (κ1) is 19.8. The Hall–Kier alpha value is -1.56. The van der Waals surface area contributed by atoms with Crippen molar-refractivity contribution in [2.24, 2.45) is 5.92 Å². The molecule has 1 amide bonds. The third-order valence-corrected chi connectivity index (χ3v) is 4.11. The summed E-state index contributed by atoms with van der Waals surface area (Å²) in [6.45, 7) is 2.79. The molecule has 25 heavy (non-hydrogen) atoms. The lowest BCUT2D eigenvalue weighted by Crippen LogP contribution is -2.61. The van der Waals surface area contributed by atoms with Crippen LogP contribution < -0.4 is 5.32 Å². The monoisotopic (exact) mass is 361 g/mol. The second-order valence-electron chi connectivity index (χ2n) is 5.86. The van der Waals surface area contributed by atoms with Crippen LogP contribution in [-0.2, 0) is 23.8 Å². The Kier molecular flexibility index (Phi) is 6.49. The van der Waals surface area contributed by atoms with Crippen molar-refractivity contribution in [2.75, 3.05) is 13.2 Å². The van der Waals surface area contributed by atoms with Crippen LogP contribution in [0.5, 0.6) is 0 Å². The van der Waals surface area contributed by atoms with Gasteiger partial charge in [-0.1, -0.05) is 0 Å². The molecule has 2 fully saturated rings. The maximum atomic E-state index is 11.8. The Labute approximate surface area is 144 Å². The summed E-state index contributed by atoms with van der Waals surface area (Å²) >= 11 is 0. The van der Waals surface area contributed by atoms with E-state index in [-0.39, 0.29) is 12.5 Å². The van der Waals surface area contributed by atoms with Crippen molar-refractivity contribution in [2.45, 2.75) is 50.7 Å². The van der Waals surface area contributed by atoms with Crippen molar-refractivity contribution in [1.29, 1.82) is 0 Å². The lowest BCUT2D eigenvalue weighted by molar-refractivity contribution is -0.312. The quantitative estimate of drug-likeness (QED) is 0.194. The Balaban J connectivity index is 2.03. The number of carbonyl (C=O) groups excluding carboxylic acids is 2. The first-order valence-corrected chi connectivity index (χ1v) is 7.95. The maximum Gasteiger partial charge on any atom is 0.332 e. The molecule has 7 atom stereocenters. The van der Waals surface area contributed by atoms with Crippen molar-refractivity contribution in [1.82, 2.24) is 5.32 Å². The fraction of sp³-hybridized carbons (Fsp3) is 0.733. The molecule has 2 saturated heterocycles. The van der Waals surface area contributed by atoms with Crippen LogP contribution in [0.2, 0.25) is 0 Å². The number of rotatable bonds is 6. The van der Waals surface area contributed by atoms with Crippen LogP contribution in [0.25, 0.3) is 0 Å². The van der Waals surface area contributed by atoms with Gasteiger partial charge in [-0.15, -0.1) is 0 Å². The van der Waals surface area contributed by atoms with E-state index in [1.165, 1.54) is 6.92 Å². The number of amides is 1. The van der Waals surface area contributed by atoms with Crippen molar-refractivity contribution < 1.29 is 44.2 Å². The second-order valence-corrected chi connectivity index (χ2v) is 5.86. The zero-order valence-electron chi connectivity index (χ0n) is 13.9. The van der Waals surface area contributed by atoms with E-state index in [0.717, 1.165) is 6.08 Å². The molecule has 5 N–H and O–H groups in total. The summed E-state index contributed by atoms with van der Waals surface area (Å²) in [5.41, 5.74) is 0.306. The molecular formula is C15H23NO9. The Morgan fingerprint density at radius 2 is 2.00 bits per heavy atom. The zero-order valence-corrected chi connectivity index (χ0v) is 13.9. The van der Waals surface area contributed by atoms with Crippen LogP contribution in [0.3, 0.4) is 0 Å². The van der Waals surface area contributed by atoms with Gasteiger partial charge in [-0.05, 0) is 13.8 Å². The van der Waals surface area contributed by atoms with Crippen molar-refractivity contribution in [3.8, 4) is 0 Å². The van der Waals surface area contributed by atoms with Gasteiger partial charge in [0.2, 0.25) is 5.91 Å². The summed E-state index contributed by atoms with van der Waals surface area (Å²) in [6, 6.07) is 0. The second kappa shape index (κ2) is 8.21. The molecular weight excluding hydrogens is 338 g/mol. The van der Waals surface area contributed by atoms with Gasteiger partial charge in [0.05, 0.1) is 19.3 Å². The first-order valence-electron chi connectivity index (χ1n) is 7.95. The number of ether oxygens (including phenoxy) is 3. The van der Waals surface area contributed by atoms with Gasteiger partial charge < -0.3 is 40.0 Å². The number of hydrogen-bond acceptors (Lipinski definition) is 9. The largest absolute Gasteiger partial charge is 0.463 e. The molecule has 142 valence electrons. The van der Waals surface area contributed by atoms with Crippen LogP contribution in [0, 0.1) is 5.92 Å². The maximum absolute atomic E-state index is 11.8. The molecule has 0 aromatic rings. The summed E-state index contributed by atoms with van der Waals surface area (Å²) < 4.78 is 15.5. The molecule has 0 radical (unpaired) electrons. The minimum Gasteiger partial charge on any atom is -0.463 e. The fourth-order valence-corrected chi connectivity index (χ4v) is 2.73. The van der Waals surface area contributed by atoms with Crippen LogP contribution in [0.4, 0.5) is 0 Å². The van der Waals surface area contributed by atoms with Gasteiger partial charge in [-0.3, -0.25) is 4.79 Å². The molecule has 10 heteroatoms. The Bertz CT molecular complexity index is 535. The molecule has 0 spiro atoms. The molecule has 0 aromatic heterocycles. The van der Waals surface area contributed by atoms with Crippen LogP contribution in [-0.4, -0.2) is 82.3 Å². The lowest BCUT2D eigenvalue weighted by atomic mass is 9.90. The van der Waals surface area contributed by atoms with Crippen molar-refractivity contribution in [3.05, 3.63) is 11.8 Å². The summed E-state index contributed by atoms with van der Waals surface area (Å²) in [5, 5.41) is 41.1. The number of nitrogens with one attached hydrogen (secondary N) is 1. The number of esters is 1. The number of β-lactam (4-membered cyclic amide) rings is 1. The zero-order chi connectivity index (χ0) is 18.7. The highest BCUT2D eigenvalue weighted by Crippen LogP contribution is 2.29. The molecule has 0 aromatic carbocycles. The van der Waals surface area contributed by atoms with E-state index >= 15 is 0 Å². The van der Waals surface area contributed by atoms with Crippen LogP contribution >= 0.6 is 0 Å². The molecule has 10 nitrogen and oxygen atoms in total. The Morgan fingerprint density at radius 1 is 1.32 bits per heavy atom. The molecule has 2 heterocycles. The predicted octanol–water partition coefficient (Wildman–Crippen LogP) is -2.62. The third-order valence-electron chi connectivity index (χ3n) is 4.11. The molecule has 2 aliphatic heterocycles. The highest BCUT2D eigenvalue weighted by atomic mass is 16.7. The molecule has 2 aliphatic rings. The van der Waals surface area contributed by atoms with E-state index in [0.29, 0.717) is 5.70 Å².